The molecule has 0 radical (unpaired) electrons. The van der Waals surface area contributed by atoms with Gasteiger partial charge in [-0.2, -0.15) is 5.10 Å². The summed E-state index contributed by atoms with van der Waals surface area (Å²) >= 11 is 0. The van der Waals surface area contributed by atoms with Crippen molar-refractivity contribution in [3.05, 3.63) is 12.2 Å². The number of aryl methyl sites for hydroxylation is 1. The second-order valence-corrected chi connectivity index (χ2v) is 6.33. The van der Waals surface area contributed by atoms with Crippen LogP contribution in [0.15, 0.2) is 6.33 Å². The number of aromatic nitrogens is 3. The maximum Gasteiger partial charge on any atom is 0.215 e. The van der Waals surface area contributed by atoms with Gasteiger partial charge in [-0.15, -0.1) is 0 Å². The van der Waals surface area contributed by atoms with Gasteiger partial charge in [0.15, 0.2) is 5.82 Å². The van der Waals surface area contributed by atoms with Crippen LogP contribution in [0.4, 0.5) is 0 Å². The zero-order valence-corrected chi connectivity index (χ0v) is 11.9. The topological polar surface area (TPSA) is 88.9 Å². The summed E-state index contributed by atoms with van der Waals surface area (Å²) in [6, 6.07) is 0. The zero-order chi connectivity index (χ0) is 13.6. The van der Waals surface area contributed by atoms with Crippen LogP contribution >= 0.6 is 0 Å². The van der Waals surface area contributed by atoms with Gasteiger partial charge in [-0.25, -0.2) is 18.1 Å². The Bertz CT molecular complexity index is 457. The largest absolute Gasteiger partial charge is 0.316 e. The third kappa shape index (κ3) is 4.71. The van der Waals surface area contributed by atoms with Gasteiger partial charge in [-0.05, 0) is 13.5 Å². The molecular weight excluding hydrogens is 254 g/mol. The van der Waals surface area contributed by atoms with Crippen LogP contribution in [0.2, 0.25) is 0 Å². The average molecular weight is 275 g/mol. The summed E-state index contributed by atoms with van der Waals surface area (Å²) in [6.07, 6.45) is 2.09. The molecule has 18 heavy (non-hydrogen) atoms. The lowest BCUT2D eigenvalue weighted by atomic mass is 10.4. The first-order chi connectivity index (χ1) is 8.45. The Hall–Kier alpha value is -0.990. The number of nitrogens with one attached hydrogen (secondary N) is 2. The maximum absolute atomic E-state index is 11.8. The van der Waals surface area contributed by atoms with Gasteiger partial charge in [0.2, 0.25) is 10.0 Å². The van der Waals surface area contributed by atoms with Gasteiger partial charge in [-0.3, -0.25) is 4.68 Å². The summed E-state index contributed by atoms with van der Waals surface area (Å²) in [5, 5.41) is 6.65. The minimum Gasteiger partial charge on any atom is -0.316 e. The first-order valence-electron chi connectivity index (χ1n) is 5.99. The van der Waals surface area contributed by atoms with Crippen molar-refractivity contribution < 1.29 is 8.42 Å². The van der Waals surface area contributed by atoms with Gasteiger partial charge in [0.1, 0.15) is 6.33 Å². The highest BCUT2D eigenvalue weighted by Crippen LogP contribution is 1.97. The summed E-state index contributed by atoms with van der Waals surface area (Å²) in [7, 11) is -1.49. The van der Waals surface area contributed by atoms with E-state index in [0.717, 1.165) is 6.54 Å². The molecule has 0 amide bonds. The highest BCUT2D eigenvalue weighted by molar-refractivity contribution is 7.90. The van der Waals surface area contributed by atoms with Crippen LogP contribution in [0.25, 0.3) is 0 Å². The quantitative estimate of drug-likeness (QED) is 0.653. The van der Waals surface area contributed by atoms with Gasteiger partial charge in [-0.1, -0.05) is 6.92 Å². The van der Waals surface area contributed by atoms with Gasteiger partial charge in [0.25, 0.3) is 0 Å². The highest BCUT2D eigenvalue weighted by atomic mass is 32.2. The van der Waals surface area contributed by atoms with E-state index in [1.807, 2.05) is 6.92 Å². The van der Waals surface area contributed by atoms with E-state index in [2.05, 4.69) is 20.1 Å². The SMILES string of the molecule is CCNCC(C)S(=O)(=O)NCCc1ncn(C)n1. The van der Waals surface area contributed by atoms with E-state index < -0.39 is 15.3 Å². The third-order valence-corrected chi connectivity index (χ3v) is 4.34. The number of sulfonamides is 1. The number of nitrogens with zero attached hydrogens (tertiary/aromatic N) is 3. The smallest absolute Gasteiger partial charge is 0.215 e. The van der Waals surface area contributed by atoms with E-state index in [1.165, 1.54) is 0 Å². The van der Waals surface area contributed by atoms with Crippen molar-refractivity contribution in [2.24, 2.45) is 7.05 Å². The molecule has 0 saturated carbocycles. The van der Waals surface area contributed by atoms with Crippen LogP contribution in [0, 0.1) is 0 Å². The van der Waals surface area contributed by atoms with Crippen LogP contribution in [0.1, 0.15) is 19.7 Å². The molecule has 0 bridgehead atoms. The fourth-order valence-electron chi connectivity index (χ4n) is 1.40. The van der Waals surface area contributed by atoms with Crippen LogP contribution < -0.4 is 10.0 Å². The summed E-state index contributed by atoms with van der Waals surface area (Å²) in [4.78, 5) is 4.03. The third-order valence-electron chi connectivity index (χ3n) is 2.51. The predicted molar refractivity (Wildman–Crippen MR) is 69.6 cm³/mol. The number of rotatable bonds is 8. The summed E-state index contributed by atoms with van der Waals surface area (Å²) in [5.41, 5.74) is 0. The van der Waals surface area contributed by atoms with Crippen LogP contribution in [0.5, 0.6) is 0 Å². The summed E-state index contributed by atoms with van der Waals surface area (Å²) in [6.45, 7) is 5.16. The predicted octanol–water partition coefficient (Wildman–Crippen LogP) is -0.725. The van der Waals surface area contributed by atoms with Crippen molar-refractivity contribution in [3.8, 4) is 0 Å². The molecule has 0 fully saturated rings. The molecule has 0 aliphatic heterocycles. The molecule has 1 atom stereocenters. The summed E-state index contributed by atoms with van der Waals surface area (Å²) in [5.74, 6) is 0.638. The van der Waals surface area contributed by atoms with Crippen molar-refractivity contribution in [3.63, 3.8) is 0 Å². The molecule has 0 aliphatic carbocycles. The van der Waals surface area contributed by atoms with Crippen LogP contribution in [-0.2, 0) is 23.5 Å². The minimum atomic E-state index is -3.27. The molecular formula is C10H21N5O2S. The monoisotopic (exact) mass is 275 g/mol. The molecule has 0 spiro atoms. The van der Waals surface area contributed by atoms with Crippen molar-refractivity contribution in [2.75, 3.05) is 19.6 Å². The first kappa shape index (κ1) is 15.1. The van der Waals surface area contributed by atoms with E-state index in [4.69, 9.17) is 0 Å². The van der Waals surface area contributed by atoms with Crippen molar-refractivity contribution in [2.45, 2.75) is 25.5 Å². The van der Waals surface area contributed by atoms with E-state index >= 15 is 0 Å². The lowest BCUT2D eigenvalue weighted by Crippen LogP contribution is -2.39. The van der Waals surface area contributed by atoms with Gasteiger partial charge < -0.3 is 5.32 Å². The van der Waals surface area contributed by atoms with Gasteiger partial charge in [0, 0.05) is 26.6 Å². The Morgan fingerprint density at radius 1 is 1.50 bits per heavy atom. The van der Waals surface area contributed by atoms with Gasteiger partial charge >= 0.3 is 0 Å². The Labute approximate surface area is 108 Å². The molecule has 8 heteroatoms. The lowest BCUT2D eigenvalue weighted by molar-refractivity contribution is 0.559. The minimum absolute atomic E-state index is 0.322. The average Bonchev–Trinajstić information content (AvgIpc) is 2.71. The normalized spacial score (nSPS) is 13.7. The van der Waals surface area contributed by atoms with Crippen molar-refractivity contribution >= 4 is 10.0 Å². The Morgan fingerprint density at radius 3 is 2.78 bits per heavy atom. The Kier molecular flexibility index (Phi) is 5.70. The second-order valence-electron chi connectivity index (χ2n) is 4.14. The maximum atomic E-state index is 11.8. The fraction of sp³-hybridized carbons (Fsp3) is 0.800. The van der Waals surface area contributed by atoms with E-state index in [-0.39, 0.29) is 0 Å². The molecule has 1 unspecified atom stereocenters. The summed E-state index contributed by atoms with van der Waals surface area (Å²) < 4.78 is 27.8. The Morgan fingerprint density at radius 2 is 2.22 bits per heavy atom. The molecule has 0 aromatic carbocycles. The second kappa shape index (κ2) is 6.81. The number of hydrogen-bond donors (Lipinski definition) is 2. The molecule has 7 nitrogen and oxygen atoms in total. The molecule has 104 valence electrons. The Balaban J connectivity index is 2.37. The molecule has 0 saturated heterocycles. The van der Waals surface area contributed by atoms with Crippen molar-refractivity contribution in [1.82, 2.24) is 24.8 Å². The molecule has 1 aromatic heterocycles. The number of hydrogen-bond acceptors (Lipinski definition) is 5. The van der Waals surface area contributed by atoms with Crippen LogP contribution in [0.3, 0.4) is 0 Å². The molecule has 1 aromatic rings. The van der Waals surface area contributed by atoms with E-state index in [9.17, 15) is 8.42 Å². The highest BCUT2D eigenvalue weighted by Gasteiger charge is 2.19. The zero-order valence-electron chi connectivity index (χ0n) is 11.0. The van der Waals surface area contributed by atoms with E-state index in [1.54, 1.807) is 25.0 Å². The van der Waals surface area contributed by atoms with Crippen molar-refractivity contribution in [1.29, 1.82) is 0 Å². The fourth-order valence-corrected chi connectivity index (χ4v) is 2.41. The molecule has 1 rings (SSSR count). The van der Waals surface area contributed by atoms with Crippen LogP contribution in [-0.4, -0.2) is 48.1 Å². The molecule has 2 N–H and O–H groups in total. The van der Waals surface area contributed by atoms with Gasteiger partial charge in [0.05, 0.1) is 5.25 Å². The van der Waals surface area contributed by atoms with E-state index in [0.29, 0.717) is 25.3 Å². The molecule has 0 aliphatic rings. The first-order valence-corrected chi connectivity index (χ1v) is 7.54. The lowest BCUT2D eigenvalue weighted by Gasteiger charge is -2.13. The standard InChI is InChI=1S/C10H21N5O2S/c1-4-11-7-9(2)18(16,17)13-6-5-10-12-8-15(3)14-10/h8-9,11,13H,4-7H2,1-3H3. The molecule has 1 heterocycles.